The Morgan fingerprint density at radius 2 is 2.13 bits per heavy atom. The van der Waals surface area contributed by atoms with Crippen molar-refractivity contribution in [2.45, 2.75) is 26.2 Å². The first-order valence-electron chi connectivity index (χ1n) is 5.02. The van der Waals surface area contributed by atoms with Gasteiger partial charge in [0.2, 0.25) is 0 Å². The quantitative estimate of drug-likeness (QED) is 0.780. The van der Waals surface area contributed by atoms with Crippen molar-refractivity contribution in [3.8, 4) is 0 Å². The minimum atomic E-state index is -0.476. The highest BCUT2D eigenvalue weighted by atomic mass is 16.2. The SMILES string of the molecule is Cc1cccc(C(C)(C)CNC(N)=O)c1. The van der Waals surface area contributed by atoms with Crippen molar-refractivity contribution in [1.29, 1.82) is 0 Å². The largest absolute Gasteiger partial charge is 0.352 e. The van der Waals surface area contributed by atoms with Crippen LogP contribution in [0.15, 0.2) is 24.3 Å². The number of primary amides is 1. The van der Waals surface area contributed by atoms with E-state index in [-0.39, 0.29) is 5.41 Å². The average Bonchev–Trinajstić information content (AvgIpc) is 2.15. The fraction of sp³-hybridized carbons (Fsp3) is 0.417. The smallest absolute Gasteiger partial charge is 0.312 e. The summed E-state index contributed by atoms with van der Waals surface area (Å²) in [5.41, 5.74) is 7.39. The molecular weight excluding hydrogens is 188 g/mol. The lowest BCUT2D eigenvalue weighted by Gasteiger charge is -2.25. The van der Waals surface area contributed by atoms with E-state index in [9.17, 15) is 4.79 Å². The molecule has 0 bridgehead atoms. The first-order valence-corrected chi connectivity index (χ1v) is 5.02. The van der Waals surface area contributed by atoms with Crippen LogP contribution in [0.1, 0.15) is 25.0 Å². The minimum Gasteiger partial charge on any atom is -0.352 e. The highest BCUT2D eigenvalue weighted by molar-refractivity contribution is 5.71. The van der Waals surface area contributed by atoms with E-state index in [0.717, 1.165) is 0 Å². The van der Waals surface area contributed by atoms with Crippen LogP contribution in [-0.2, 0) is 5.41 Å². The van der Waals surface area contributed by atoms with Crippen LogP contribution in [0, 0.1) is 6.92 Å². The molecule has 82 valence electrons. The number of hydrogen-bond donors (Lipinski definition) is 2. The molecule has 3 heteroatoms. The van der Waals surface area contributed by atoms with Gasteiger partial charge < -0.3 is 11.1 Å². The lowest BCUT2D eigenvalue weighted by atomic mass is 9.84. The van der Waals surface area contributed by atoms with Crippen molar-refractivity contribution >= 4 is 6.03 Å². The van der Waals surface area contributed by atoms with Gasteiger partial charge in [-0.1, -0.05) is 43.7 Å². The molecule has 0 fully saturated rings. The number of aryl methyl sites for hydroxylation is 1. The molecule has 0 saturated carbocycles. The third kappa shape index (κ3) is 3.27. The van der Waals surface area contributed by atoms with Gasteiger partial charge in [0.1, 0.15) is 0 Å². The van der Waals surface area contributed by atoms with Crippen molar-refractivity contribution in [2.24, 2.45) is 5.73 Å². The first kappa shape index (κ1) is 11.6. The summed E-state index contributed by atoms with van der Waals surface area (Å²) in [7, 11) is 0. The second-order valence-electron chi connectivity index (χ2n) is 4.47. The molecule has 0 unspecified atom stereocenters. The number of benzene rings is 1. The van der Waals surface area contributed by atoms with Crippen LogP contribution in [0.4, 0.5) is 4.79 Å². The summed E-state index contributed by atoms with van der Waals surface area (Å²) in [5, 5.41) is 2.64. The lowest BCUT2D eigenvalue weighted by molar-refractivity contribution is 0.246. The van der Waals surface area contributed by atoms with Gasteiger partial charge in [0.05, 0.1) is 0 Å². The Balaban J connectivity index is 2.80. The Kier molecular flexibility index (Phi) is 3.35. The first-order chi connectivity index (χ1) is 6.92. The number of nitrogens with two attached hydrogens (primary N) is 1. The number of amides is 2. The minimum absolute atomic E-state index is 0.0962. The molecule has 0 aliphatic rings. The third-order valence-electron chi connectivity index (χ3n) is 2.50. The molecule has 0 atom stereocenters. The fourth-order valence-corrected chi connectivity index (χ4v) is 1.48. The van der Waals surface area contributed by atoms with Gasteiger partial charge in [-0.15, -0.1) is 0 Å². The number of hydrogen-bond acceptors (Lipinski definition) is 1. The molecule has 1 aromatic rings. The Bertz CT molecular complexity index is 358. The van der Waals surface area contributed by atoms with Gasteiger partial charge in [-0.25, -0.2) is 4.79 Å². The van der Waals surface area contributed by atoms with E-state index in [1.54, 1.807) is 0 Å². The van der Waals surface area contributed by atoms with E-state index in [1.807, 2.05) is 6.07 Å². The van der Waals surface area contributed by atoms with Crippen molar-refractivity contribution < 1.29 is 4.79 Å². The van der Waals surface area contributed by atoms with Gasteiger partial charge in [0.15, 0.2) is 0 Å². The van der Waals surface area contributed by atoms with E-state index >= 15 is 0 Å². The van der Waals surface area contributed by atoms with Crippen LogP contribution in [0.2, 0.25) is 0 Å². The standard InChI is InChI=1S/C12H18N2O/c1-9-5-4-6-10(7-9)12(2,3)8-14-11(13)15/h4-7H,8H2,1-3H3,(H3,13,14,15). The molecule has 3 N–H and O–H groups in total. The van der Waals surface area contributed by atoms with Gasteiger partial charge in [-0.3, -0.25) is 0 Å². The summed E-state index contributed by atoms with van der Waals surface area (Å²) in [4.78, 5) is 10.7. The van der Waals surface area contributed by atoms with Crippen molar-refractivity contribution in [1.82, 2.24) is 5.32 Å². The van der Waals surface area contributed by atoms with Crippen LogP contribution in [-0.4, -0.2) is 12.6 Å². The number of carbonyl (C=O) groups is 1. The Morgan fingerprint density at radius 3 is 2.67 bits per heavy atom. The maximum atomic E-state index is 10.7. The number of nitrogens with one attached hydrogen (secondary N) is 1. The normalized spacial score (nSPS) is 11.1. The number of carbonyl (C=O) groups excluding carboxylic acids is 1. The van der Waals surface area contributed by atoms with Gasteiger partial charge in [-0.2, -0.15) is 0 Å². The van der Waals surface area contributed by atoms with Crippen LogP contribution in [0.3, 0.4) is 0 Å². The van der Waals surface area contributed by atoms with Gasteiger partial charge in [0.25, 0.3) is 0 Å². The molecule has 0 radical (unpaired) electrons. The molecule has 0 aromatic heterocycles. The monoisotopic (exact) mass is 206 g/mol. The molecule has 0 aliphatic heterocycles. The summed E-state index contributed by atoms with van der Waals surface area (Å²) < 4.78 is 0. The third-order valence-corrected chi connectivity index (χ3v) is 2.50. The Hall–Kier alpha value is -1.51. The molecule has 0 heterocycles. The Labute approximate surface area is 90.7 Å². The van der Waals surface area contributed by atoms with Crippen LogP contribution in [0.25, 0.3) is 0 Å². The molecule has 0 spiro atoms. The van der Waals surface area contributed by atoms with E-state index < -0.39 is 6.03 Å². The highest BCUT2D eigenvalue weighted by Crippen LogP contribution is 2.22. The summed E-state index contributed by atoms with van der Waals surface area (Å²) in [6.45, 7) is 6.77. The van der Waals surface area contributed by atoms with Crippen molar-refractivity contribution in [3.63, 3.8) is 0 Å². The summed E-state index contributed by atoms with van der Waals surface area (Å²) >= 11 is 0. The molecule has 2 amide bonds. The van der Waals surface area contributed by atoms with Gasteiger partial charge in [0, 0.05) is 12.0 Å². The molecule has 15 heavy (non-hydrogen) atoms. The molecule has 1 rings (SSSR count). The lowest BCUT2D eigenvalue weighted by Crippen LogP contribution is -2.39. The Morgan fingerprint density at radius 1 is 1.47 bits per heavy atom. The number of rotatable bonds is 3. The van der Waals surface area contributed by atoms with E-state index in [0.29, 0.717) is 6.54 Å². The van der Waals surface area contributed by atoms with Crippen LogP contribution in [0.5, 0.6) is 0 Å². The highest BCUT2D eigenvalue weighted by Gasteiger charge is 2.20. The maximum absolute atomic E-state index is 10.7. The topological polar surface area (TPSA) is 55.1 Å². The van der Waals surface area contributed by atoms with Crippen molar-refractivity contribution in [3.05, 3.63) is 35.4 Å². The molecule has 3 nitrogen and oxygen atoms in total. The van der Waals surface area contributed by atoms with Gasteiger partial charge >= 0.3 is 6.03 Å². The second kappa shape index (κ2) is 4.34. The molecule has 1 aromatic carbocycles. The molecular formula is C12H18N2O. The fourth-order valence-electron chi connectivity index (χ4n) is 1.48. The van der Waals surface area contributed by atoms with Gasteiger partial charge in [-0.05, 0) is 12.5 Å². The molecule has 0 saturated heterocycles. The summed E-state index contributed by atoms with van der Waals surface area (Å²) in [6.07, 6.45) is 0. The average molecular weight is 206 g/mol. The van der Waals surface area contributed by atoms with Crippen molar-refractivity contribution in [2.75, 3.05) is 6.54 Å². The van der Waals surface area contributed by atoms with Crippen LogP contribution >= 0.6 is 0 Å². The van der Waals surface area contributed by atoms with Crippen LogP contribution < -0.4 is 11.1 Å². The summed E-state index contributed by atoms with van der Waals surface area (Å²) in [5.74, 6) is 0. The summed E-state index contributed by atoms with van der Waals surface area (Å²) in [6, 6.07) is 7.80. The van der Waals surface area contributed by atoms with E-state index in [2.05, 4.69) is 44.3 Å². The predicted molar refractivity (Wildman–Crippen MR) is 61.8 cm³/mol. The maximum Gasteiger partial charge on any atom is 0.312 e. The van der Waals surface area contributed by atoms with E-state index in [1.165, 1.54) is 11.1 Å². The zero-order chi connectivity index (χ0) is 11.5. The zero-order valence-electron chi connectivity index (χ0n) is 9.50. The predicted octanol–water partition coefficient (Wildman–Crippen LogP) is 1.94. The molecule has 0 aliphatic carbocycles. The second-order valence-corrected chi connectivity index (χ2v) is 4.47. The number of urea groups is 1. The zero-order valence-corrected chi connectivity index (χ0v) is 9.50. The van der Waals surface area contributed by atoms with E-state index in [4.69, 9.17) is 5.73 Å².